The average molecular weight is 319 g/mol. The molecule has 2 fully saturated rings. The van der Waals surface area contributed by atoms with Gasteiger partial charge < -0.3 is 9.80 Å². The molecule has 2 aliphatic rings. The average Bonchev–Trinajstić information content (AvgIpc) is 2.97. The highest BCUT2D eigenvalue weighted by atomic mass is 32.2. The van der Waals surface area contributed by atoms with Crippen LogP contribution >= 0.6 is 0 Å². The summed E-state index contributed by atoms with van der Waals surface area (Å²) in [5.74, 6) is -0.802. The summed E-state index contributed by atoms with van der Waals surface area (Å²) in [6.45, 7) is 5.32. The van der Waals surface area contributed by atoms with E-state index >= 15 is 0 Å². The zero-order chi connectivity index (χ0) is 15.5. The van der Waals surface area contributed by atoms with Crippen LogP contribution in [0.25, 0.3) is 0 Å². The third-order valence-electron chi connectivity index (χ3n) is 4.82. The summed E-state index contributed by atoms with van der Waals surface area (Å²) in [4.78, 5) is 16.5. The van der Waals surface area contributed by atoms with Gasteiger partial charge in [0.15, 0.2) is 14.6 Å². The second-order valence-corrected chi connectivity index (χ2v) is 8.42. The first-order valence-corrected chi connectivity index (χ1v) is 9.37. The van der Waals surface area contributed by atoms with Crippen molar-refractivity contribution in [1.82, 2.24) is 15.3 Å². The molecule has 0 aromatic heterocycles. The Morgan fingerprint density at radius 3 is 2.00 bits per heavy atom. The summed E-state index contributed by atoms with van der Waals surface area (Å²) < 4.78 is 22.5. The molecule has 2 aliphatic heterocycles. The fourth-order valence-corrected chi connectivity index (χ4v) is 4.60. The molecule has 2 heterocycles. The van der Waals surface area contributed by atoms with Crippen molar-refractivity contribution >= 4 is 15.7 Å². The first-order chi connectivity index (χ1) is 9.89. The van der Waals surface area contributed by atoms with E-state index in [0.717, 1.165) is 32.4 Å². The second kappa shape index (κ2) is 6.60. The van der Waals surface area contributed by atoms with Crippen molar-refractivity contribution in [1.29, 1.82) is 0 Å². The predicted molar refractivity (Wildman–Crippen MR) is 78.9 cm³/mol. The number of amides is 1. The van der Waals surface area contributed by atoms with E-state index in [1.165, 1.54) is 18.3 Å². The van der Waals surface area contributed by atoms with E-state index in [9.17, 15) is 13.2 Å². The number of nitrogens with one attached hydrogen (secondary N) is 1. The Morgan fingerprint density at radius 1 is 1.10 bits per heavy atom. The Balaban J connectivity index is 1.91. The maximum atomic E-state index is 12.0. The van der Waals surface area contributed by atoms with Crippen LogP contribution in [0.15, 0.2) is 0 Å². The van der Waals surface area contributed by atoms with E-state index in [1.54, 1.807) is 0 Å². The van der Waals surface area contributed by atoms with Crippen molar-refractivity contribution in [2.24, 2.45) is 0 Å². The van der Waals surface area contributed by atoms with Crippen LogP contribution in [0, 0.1) is 0 Å². The van der Waals surface area contributed by atoms with E-state index < -0.39 is 20.5 Å². The molecule has 0 unspecified atom stereocenters. The zero-order valence-electron chi connectivity index (χ0n) is 12.5. The van der Waals surface area contributed by atoms with Gasteiger partial charge >= 0.3 is 0 Å². The van der Waals surface area contributed by atoms with Crippen molar-refractivity contribution in [2.45, 2.75) is 30.4 Å². The molecule has 0 aromatic carbocycles. The van der Waals surface area contributed by atoms with Crippen LogP contribution in [0.3, 0.4) is 0 Å². The summed E-state index contributed by atoms with van der Waals surface area (Å²) >= 11 is 0. The number of hydrogen-bond acceptors (Lipinski definition) is 6. The minimum Gasteiger partial charge on any atom is -0.302 e. The molecular formula is C13H25N3O4S. The molecule has 0 aromatic rings. The number of hydroxylamine groups is 1. The lowest BCUT2D eigenvalue weighted by atomic mass is 9.95. The van der Waals surface area contributed by atoms with Gasteiger partial charge in [0, 0.05) is 32.4 Å². The third kappa shape index (κ3) is 3.56. The number of sulfone groups is 1. The lowest BCUT2D eigenvalue weighted by Gasteiger charge is -2.39. The molecule has 2 rings (SSSR count). The van der Waals surface area contributed by atoms with Gasteiger partial charge in [-0.2, -0.15) is 0 Å². The maximum absolute atomic E-state index is 12.0. The van der Waals surface area contributed by atoms with Gasteiger partial charge in [0.25, 0.3) is 5.91 Å². The molecular weight excluding hydrogens is 294 g/mol. The summed E-state index contributed by atoms with van der Waals surface area (Å²) in [7, 11) is -3.56. The van der Waals surface area contributed by atoms with Crippen LogP contribution in [0.2, 0.25) is 0 Å². The highest BCUT2D eigenvalue weighted by molar-refractivity contribution is 7.92. The summed E-state index contributed by atoms with van der Waals surface area (Å²) in [6, 6.07) is 0. The van der Waals surface area contributed by atoms with Crippen LogP contribution in [0.4, 0.5) is 0 Å². The molecule has 7 nitrogen and oxygen atoms in total. The lowest BCUT2D eigenvalue weighted by molar-refractivity contribution is -0.133. The molecule has 0 spiro atoms. The first-order valence-electron chi connectivity index (χ1n) is 7.48. The smallest absolute Gasteiger partial charge is 0.264 e. The first kappa shape index (κ1) is 16.7. The van der Waals surface area contributed by atoms with E-state index in [1.807, 2.05) is 0 Å². The number of rotatable bonds is 5. The van der Waals surface area contributed by atoms with Crippen molar-refractivity contribution in [3.8, 4) is 0 Å². The highest BCUT2D eigenvalue weighted by Crippen LogP contribution is 2.30. The number of likely N-dealkylation sites (tertiary alicyclic amines) is 2. The van der Waals surface area contributed by atoms with E-state index in [-0.39, 0.29) is 12.8 Å². The van der Waals surface area contributed by atoms with Gasteiger partial charge in [-0.1, -0.05) is 0 Å². The summed E-state index contributed by atoms with van der Waals surface area (Å²) in [5, 5.41) is 8.84. The molecule has 122 valence electrons. The fourth-order valence-electron chi connectivity index (χ4n) is 3.30. The van der Waals surface area contributed by atoms with Gasteiger partial charge in [-0.3, -0.25) is 10.0 Å². The topological polar surface area (TPSA) is 89.9 Å². The summed E-state index contributed by atoms with van der Waals surface area (Å²) in [6.07, 6.45) is 4.06. The third-order valence-corrected chi connectivity index (χ3v) is 6.83. The molecule has 2 N–H and O–H groups in total. The van der Waals surface area contributed by atoms with E-state index in [4.69, 9.17) is 5.21 Å². The normalized spacial score (nSPS) is 24.1. The Bertz CT molecular complexity index is 466. The van der Waals surface area contributed by atoms with Crippen LogP contribution in [0.5, 0.6) is 0 Å². The van der Waals surface area contributed by atoms with Crippen molar-refractivity contribution < 1.29 is 18.4 Å². The number of nitrogens with zero attached hydrogens (tertiary/aromatic N) is 2. The molecule has 8 heteroatoms. The predicted octanol–water partition coefficient (Wildman–Crippen LogP) is -0.533. The minimum absolute atomic E-state index is 0.234. The monoisotopic (exact) mass is 319 g/mol. The van der Waals surface area contributed by atoms with Crippen molar-refractivity contribution in [2.75, 3.05) is 45.5 Å². The standard InChI is InChI=1S/C13H25N3O4S/c1-21(19,20)13(12(17)14-18)4-8-16(9-5-13)11-10-15-6-2-3-7-15/h18H,2-11H2,1H3,(H,14,17). The molecule has 0 radical (unpaired) electrons. The van der Waals surface area contributed by atoms with Gasteiger partial charge in [0.1, 0.15) is 0 Å². The van der Waals surface area contributed by atoms with E-state index in [0.29, 0.717) is 13.1 Å². The van der Waals surface area contributed by atoms with Crippen molar-refractivity contribution in [3.05, 3.63) is 0 Å². The second-order valence-electron chi connectivity index (χ2n) is 6.10. The van der Waals surface area contributed by atoms with Crippen molar-refractivity contribution in [3.63, 3.8) is 0 Å². The van der Waals surface area contributed by atoms with Gasteiger partial charge in [-0.25, -0.2) is 13.9 Å². The number of carbonyl (C=O) groups is 1. The van der Waals surface area contributed by atoms with Crippen LogP contribution in [-0.4, -0.2) is 79.6 Å². The zero-order valence-corrected chi connectivity index (χ0v) is 13.4. The number of piperidine rings is 1. The largest absolute Gasteiger partial charge is 0.302 e. The van der Waals surface area contributed by atoms with E-state index in [2.05, 4.69) is 9.80 Å². The molecule has 2 saturated heterocycles. The maximum Gasteiger partial charge on any atom is 0.264 e. The molecule has 21 heavy (non-hydrogen) atoms. The fraction of sp³-hybridized carbons (Fsp3) is 0.923. The number of carbonyl (C=O) groups excluding carboxylic acids is 1. The van der Waals surface area contributed by atoms with Gasteiger partial charge in [-0.05, 0) is 38.8 Å². The molecule has 0 aliphatic carbocycles. The minimum atomic E-state index is -3.56. The van der Waals surface area contributed by atoms with Gasteiger partial charge in [0.05, 0.1) is 0 Å². The SMILES string of the molecule is CS(=O)(=O)C1(C(=O)NO)CCN(CCN2CCCC2)CC1. The van der Waals surface area contributed by atoms with Crippen LogP contribution < -0.4 is 5.48 Å². The molecule has 0 atom stereocenters. The Morgan fingerprint density at radius 2 is 1.57 bits per heavy atom. The molecule has 0 bridgehead atoms. The van der Waals surface area contributed by atoms with Crippen LogP contribution in [-0.2, 0) is 14.6 Å². The summed E-state index contributed by atoms with van der Waals surface area (Å²) in [5.41, 5.74) is 1.53. The van der Waals surface area contributed by atoms with Crippen LogP contribution in [0.1, 0.15) is 25.7 Å². The number of hydrogen-bond donors (Lipinski definition) is 2. The quantitative estimate of drug-likeness (QED) is 0.523. The molecule has 1 amide bonds. The Labute approximate surface area is 126 Å². The Hall–Kier alpha value is -0.700. The highest BCUT2D eigenvalue weighted by Gasteiger charge is 2.49. The van der Waals surface area contributed by atoms with Gasteiger partial charge in [-0.15, -0.1) is 0 Å². The Kier molecular flexibility index (Phi) is 5.24. The lowest BCUT2D eigenvalue weighted by Crippen LogP contribution is -2.57. The molecule has 0 saturated carbocycles. The van der Waals surface area contributed by atoms with Gasteiger partial charge in [0.2, 0.25) is 0 Å².